The van der Waals surface area contributed by atoms with Crippen LogP contribution >= 0.6 is 0 Å². The highest BCUT2D eigenvalue weighted by atomic mass is 16.6. The van der Waals surface area contributed by atoms with Crippen LogP contribution in [0.1, 0.15) is 51.9 Å². The number of amides is 1. The third kappa shape index (κ3) is 6.59. The number of ether oxygens (including phenoxy) is 2. The summed E-state index contributed by atoms with van der Waals surface area (Å²) in [6, 6.07) is 3.70. The monoisotopic (exact) mass is 336 g/mol. The predicted octanol–water partition coefficient (Wildman–Crippen LogP) is 2.94. The Balaban J connectivity index is 0.000000413. The molecule has 0 aromatic carbocycles. The van der Waals surface area contributed by atoms with E-state index in [9.17, 15) is 4.79 Å². The number of aromatic nitrogens is 2. The lowest BCUT2D eigenvalue weighted by atomic mass is 10.2. The van der Waals surface area contributed by atoms with Gasteiger partial charge in [0.2, 0.25) is 0 Å². The van der Waals surface area contributed by atoms with Gasteiger partial charge in [0, 0.05) is 20.3 Å². The van der Waals surface area contributed by atoms with Crippen molar-refractivity contribution in [3.8, 4) is 6.07 Å². The number of nitriles is 1. The van der Waals surface area contributed by atoms with Crippen molar-refractivity contribution in [3.05, 3.63) is 17.5 Å². The molecule has 0 radical (unpaired) electrons. The van der Waals surface area contributed by atoms with Crippen molar-refractivity contribution in [2.75, 3.05) is 20.3 Å². The largest absolute Gasteiger partial charge is 0.444 e. The molecule has 1 aromatic heterocycles. The number of hydrogen-bond donors (Lipinski definition) is 0. The van der Waals surface area contributed by atoms with Crippen LogP contribution in [0.3, 0.4) is 0 Å². The van der Waals surface area contributed by atoms with Crippen molar-refractivity contribution in [1.29, 1.82) is 5.26 Å². The first-order valence-electron chi connectivity index (χ1n) is 8.24. The molecule has 0 spiro atoms. The molecule has 0 saturated carbocycles. The van der Waals surface area contributed by atoms with Crippen LogP contribution in [-0.2, 0) is 22.6 Å². The second-order valence-corrected chi connectivity index (χ2v) is 6.60. The van der Waals surface area contributed by atoms with E-state index in [1.54, 1.807) is 22.8 Å². The molecule has 7 nitrogen and oxygen atoms in total. The fraction of sp³-hybridized carbons (Fsp3) is 0.706. The molecule has 0 saturated heterocycles. The first-order valence-corrected chi connectivity index (χ1v) is 8.24. The molecule has 7 heteroatoms. The molecule has 1 aliphatic rings. The summed E-state index contributed by atoms with van der Waals surface area (Å²) in [6.07, 6.45) is 2.10. The van der Waals surface area contributed by atoms with Gasteiger partial charge in [-0.15, -0.1) is 0 Å². The molecular formula is C17H28N4O3. The van der Waals surface area contributed by atoms with Crippen molar-refractivity contribution >= 4 is 6.09 Å². The van der Waals surface area contributed by atoms with Crippen LogP contribution in [-0.4, -0.2) is 46.6 Å². The quantitative estimate of drug-likeness (QED) is 0.793. The Kier molecular flexibility index (Phi) is 7.72. The summed E-state index contributed by atoms with van der Waals surface area (Å²) in [6.45, 7) is 10.2. The SMILES string of the molecule is CC(C)(C)OC(=O)N1CCn2nc(C#N)cc2C1.CCCCOC. The Hall–Kier alpha value is -2.07. The average molecular weight is 336 g/mol. The Morgan fingerprint density at radius 2 is 2.12 bits per heavy atom. The summed E-state index contributed by atoms with van der Waals surface area (Å²) in [5.74, 6) is 0. The zero-order valence-corrected chi connectivity index (χ0v) is 15.3. The van der Waals surface area contributed by atoms with Gasteiger partial charge in [0.15, 0.2) is 5.69 Å². The first kappa shape index (κ1) is 20.0. The number of hydrogen-bond acceptors (Lipinski definition) is 5. The molecule has 0 bridgehead atoms. The number of carbonyl (C=O) groups is 1. The summed E-state index contributed by atoms with van der Waals surface area (Å²) in [4.78, 5) is 13.5. The highest BCUT2D eigenvalue weighted by Crippen LogP contribution is 2.16. The van der Waals surface area contributed by atoms with E-state index in [4.69, 9.17) is 14.7 Å². The third-order valence-corrected chi connectivity index (χ3v) is 3.27. The molecule has 134 valence electrons. The molecule has 24 heavy (non-hydrogen) atoms. The van der Waals surface area contributed by atoms with E-state index in [1.807, 2.05) is 26.8 Å². The number of fused-ring (bicyclic) bond motifs is 1. The maximum atomic E-state index is 11.9. The van der Waals surface area contributed by atoms with Gasteiger partial charge in [-0.1, -0.05) is 13.3 Å². The average Bonchev–Trinajstić information content (AvgIpc) is 2.94. The van der Waals surface area contributed by atoms with Crippen LogP contribution in [0.15, 0.2) is 6.07 Å². The van der Waals surface area contributed by atoms with Crippen LogP contribution in [0, 0.1) is 11.3 Å². The standard InChI is InChI=1S/C12H16N4O2.C5H12O/c1-12(2,3)18-11(17)15-4-5-16-10(8-15)6-9(7-13)14-16;1-3-4-5-6-2/h6H,4-5,8H2,1-3H3;3-5H2,1-2H3. The number of rotatable bonds is 3. The Labute approximate surface area is 144 Å². The molecule has 0 atom stereocenters. The number of methoxy groups -OCH3 is 1. The molecular weight excluding hydrogens is 308 g/mol. The molecule has 2 heterocycles. The van der Waals surface area contributed by atoms with Crippen LogP contribution in [0.4, 0.5) is 4.79 Å². The van der Waals surface area contributed by atoms with Gasteiger partial charge in [-0.2, -0.15) is 10.4 Å². The fourth-order valence-electron chi connectivity index (χ4n) is 2.09. The predicted molar refractivity (Wildman–Crippen MR) is 90.4 cm³/mol. The van der Waals surface area contributed by atoms with Gasteiger partial charge < -0.3 is 14.4 Å². The molecule has 1 aliphatic heterocycles. The maximum absolute atomic E-state index is 11.9. The van der Waals surface area contributed by atoms with Crippen molar-refractivity contribution in [2.45, 2.75) is 59.2 Å². The van der Waals surface area contributed by atoms with Crippen molar-refractivity contribution in [3.63, 3.8) is 0 Å². The third-order valence-electron chi connectivity index (χ3n) is 3.27. The van der Waals surface area contributed by atoms with Crippen molar-refractivity contribution in [2.24, 2.45) is 0 Å². The summed E-state index contributed by atoms with van der Waals surface area (Å²) in [5, 5.41) is 12.9. The van der Waals surface area contributed by atoms with Gasteiger partial charge in [-0.05, 0) is 33.3 Å². The minimum absolute atomic E-state index is 0.326. The van der Waals surface area contributed by atoms with E-state index in [1.165, 1.54) is 12.8 Å². The summed E-state index contributed by atoms with van der Waals surface area (Å²) in [5.41, 5.74) is 0.756. The highest BCUT2D eigenvalue weighted by molar-refractivity contribution is 5.68. The molecule has 0 aliphatic carbocycles. The van der Waals surface area contributed by atoms with Gasteiger partial charge in [0.05, 0.1) is 18.8 Å². The van der Waals surface area contributed by atoms with Gasteiger partial charge in [0.1, 0.15) is 11.7 Å². The number of unbranched alkanes of at least 4 members (excludes halogenated alkanes) is 1. The first-order chi connectivity index (χ1) is 11.3. The number of carbonyl (C=O) groups excluding carboxylic acids is 1. The second-order valence-electron chi connectivity index (χ2n) is 6.60. The van der Waals surface area contributed by atoms with Gasteiger partial charge in [-0.25, -0.2) is 4.79 Å². The van der Waals surface area contributed by atoms with E-state index >= 15 is 0 Å². The zero-order chi connectivity index (χ0) is 18.2. The Morgan fingerprint density at radius 3 is 2.62 bits per heavy atom. The van der Waals surface area contributed by atoms with Crippen LogP contribution in [0.5, 0.6) is 0 Å². The normalized spacial score (nSPS) is 13.4. The summed E-state index contributed by atoms with van der Waals surface area (Å²) >= 11 is 0. The van der Waals surface area contributed by atoms with Gasteiger partial charge in [-0.3, -0.25) is 4.68 Å². The van der Waals surface area contributed by atoms with E-state index in [2.05, 4.69) is 12.0 Å². The zero-order valence-electron chi connectivity index (χ0n) is 15.3. The molecule has 1 aromatic rings. The Bertz CT molecular complexity index is 565. The molecule has 0 N–H and O–H groups in total. The van der Waals surface area contributed by atoms with E-state index in [0.29, 0.717) is 25.3 Å². The molecule has 2 rings (SSSR count). The van der Waals surface area contributed by atoms with Gasteiger partial charge >= 0.3 is 6.09 Å². The van der Waals surface area contributed by atoms with E-state index < -0.39 is 5.60 Å². The second kappa shape index (κ2) is 9.28. The lowest BCUT2D eigenvalue weighted by Crippen LogP contribution is -2.41. The summed E-state index contributed by atoms with van der Waals surface area (Å²) < 4.78 is 11.9. The van der Waals surface area contributed by atoms with Crippen LogP contribution in [0.25, 0.3) is 0 Å². The smallest absolute Gasteiger partial charge is 0.410 e. The van der Waals surface area contributed by atoms with E-state index in [0.717, 1.165) is 12.3 Å². The van der Waals surface area contributed by atoms with Crippen LogP contribution < -0.4 is 0 Å². The lowest BCUT2D eigenvalue weighted by molar-refractivity contribution is 0.0194. The topological polar surface area (TPSA) is 80.4 Å². The minimum atomic E-state index is -0.493. The molecule has 1 amide bonds. The maximum Gasteiger partial charge on any atom is 0.410 e. The van der Waals surface area contributed by atoms with Crippen molar-refractivity contribution in [1.82, 2.24) is 14.7 Å². The lowest BCUT2D eigenvalue weighted by Gasteiger charge is -2.30. The molecule has 0 unspecified atom stereocenters. The van der Waals surface area contributed by atoms with E-state index in [-0.39, 0.29) is 6.09 Å². The highest BCUT2D eigenvalue weighted by Gasteiger charge is 2.26. The van der Waals surface area contributed by atoms with Gasteiger partial charge in [0.25, 0.3) is 0 Å². The van der Waals surface area contributed by atoms with Crippen LogP contribution in [0.2, 0.25) is 0 Å². The number of nitrogens with zero attached hydrogens (tertiary/aromatic N) is 4. The minimum Gasteiger partial charge on any atom is -0.444 e. The summed E-state index contributed by atoms with van der Waals surface area (Å²) in [7, 11) is 1.73. The van der Waals surface area contributed by atoms with Crippen molar-refractivity contribution < 1.29 is 14.3 Å². The Morgan fingerprint density at radius 1 is 1.42 bits per heavy atom. The fourth-order valence-corrected chi connectivity index (χ4v) is 2.09. The molecule has 0 fully saturated rings.